The molecule has 2 aliphatic rings. The van der Waals surface area contributed by atoms with E-state index >= 15 is 0 Å². The number of hydrogen-bond acceptors (Lipinski definition) is 2. The highest BCUT2D eigenvalue weighted by Crippen LogP contribution is 2.42. The molecule has 3 aromatic rings. The Labute approximate surface area is 177 Å². The Balaban J connectivity index is 1.58. The predicted molar refractivity (Wildman–Crippen MR) is 121 cm³/mol. The van der Waals surface area contributed by atoms with E-state index < -0.39 is 0 Å². The molecular formula is C24H26N4S. The number of thiocarbonyl (C=S) groups is 1. The number of nitrogens with one attached hydrogen (secondary N) is 1. The second-order valence-electron chi connectivity index (χ2n) is 8.17. The Kier molecular flexibility index (Phi) is 4.84. The van der Waals surface area contributed by atoms with Gasteiger partial charge in [0, 0.05) is 30.3 Å². The Morgan fingerprint density at radius 1 is 1.07 bits per heavy atom. The fourth-order valence-corrected chi connectivity index (χ4v) is 5.13. The molecule has 1 aliphatic carbocycles. The van der Waals surface area contributed by atoms with E-state index in [1.165, 1.54) is 36.8 Å². The number of aryl methyl sites for hydroxylation is 1. The Morgan fingerprint density at radius 2 is 1.93 bits per heavy atom. The summed E-state index contributed by atoms with van der Waals surface area (Å²) in [6, 6.07) is 17.6. The number of pyridine rings is 1. The topological polar surface area (TPSA) is 33.1 Å². The third-order valence-corrected chi connectivity index (χ3v) is 6.52. The van der Waals surface area contributed by atoms with Crippen molar-refractivity contribution >= 4 is 23.0 Å². The fourth-order valence-electron chi connectivity index (χ4n) is 4.78. The lowest BCUT2D eigenvalue weighted by molar-refractivity contribution is 0.515. The van der Waals surface area contributed by atoms with Crippen molar-refractivity contribution in [2.75, 3.05) is 4.90 Å². The molecular weight excluding hydrogens is 376 g/mol. The summed E-state index contributed by atoms with van der Waals surface area (Å²) >= 11 is 5.81. The monoisotopic (exact) mass is 402 g/mol. The fraction of sp³-hybridized carbons (Fsp3) is 0.333. The van der Waals surface area contributed by atoms with E-state index in [2.05, 4.69) is 75.5 Å². The molecule has 0 unspecified atom stereocenters. The Hall–Kier alpha value is -2.66. The van der Waals surface area contributed by atoms with E-state index in [9.17, 15) is 0 Å². The molecule has 2 aromatic heterocycles. The lowest BCUT2D eigenvalue weighted by Gasteiger charge is -2.27. The minimum absolute atomic E-state index is 0.0173. The largest absolute Gasteiger partial charge is 0.351 e. The van der Waals surface area contributed by atoms with Crippen molar-refractivity contribution in [3.8, 4) is 0 Å². The van der Waals surface area contributed by atoms with Gasteiger partial charge in [0.15, 0.2) is 5.11 Å². The molecule has 0 bridgehead atoms. The van der Waals surface area contributed by atoms with Gasteiger partial charge in [0.2, 0.25) is 0 Å². The number of nitrogens with zero attached hydrogens (tertiary/aromatic N) is 3. The number of hydrogen-bond donors (Lipinski definition) is 1. The zero-order valence-corrected chi connectivity index (χ0v) is 17.5. The molecule has 0 spiro atoms. The van der Waals surface area contributed by atoms with Crippen molar-refractivity contribution in [1.29, 1.82) is 0 Å². The molecule has 2 atom stereocenters. The average molecular weight is 403 g/mol. The van der Waals surface area contributed by atoms with E-state index in [0.29, 0.717) is 6.04 Å². The normalized spacial score (nSPS) is 22.2. The molecule has 3 heterocycles. The average Bonchev–Trinajstić information content (AvgIpc) is 3.48. The van der Waals surface area contributed by atoms with Crippen LogP contribution >= 0.6 is 12.2 Å². The lowest BCUT2D eigenvalue weighted by Crippen LogP contribution is -2.29. The van der Waals surface area contributed by atoms with Crippen LogP contribution in [-0.4, -0.2) is 14.7 Å². The molecule has 0 radical (unpaired) electrons. The highest BCUT2D eigenvalue weighted by Gasteiger charge is 2.41. The summed E-state index contributed by atoms with van der Waals surface area (Å²) in [6.45, 7) is 2.12. The molecule has 5 heteroatoms. The van der Waals surface area contributed by atoms with Crippen LogP contribution in [0.25, 0.3) is 0 Å². The van der Waals surface area contributed by atoms with Crippen LogP contribution in [0.3, 0.4) is 0 Å². The maximum Gasteiger partial charge on any atom is 0.174 e. The molecule has 148 valence electrons. The zero-order valence-electron chi connectivity index (χ0n) is 16.7. The van der Waals surface area contributed by atoms with E-state index in [1.807, 2.05) is 18.3 Å². The van der Waals surface area contributed by atoms with Gasteiger partial charge in [-0.2, -0.15) is 0 Å². The molecule has 2 fully saturated rings. The van der Waals surface area contributed by atoms with Gasteiger partial charge in [0.25, 0.3) is 0 Å². The van der Waals surface area contributed by atoms with Crippen molar-refractivity contribution in [3.05, 3.63) is 83.9 Å². The van der Waals surface area contributed by atoms with Crippen LogP contribution in [-0.2, 0) is 0 Å². The van der Waals surface area contributed by atoms with Gasteiger partial charge in [0.1, 0.15) is 0 Å². The van der Waals surface area contributed by atoms with Gasteiger partial charge in [0.05, 0.1) is 17.8 Å². The quantitative estimate of drug-likeness (QED) is 0.586. The van der Waals surface area contributed by atoms with Crippen molar-refractivity contribution < 1.29 is 0 Å². The smallest absolute Gasteiger partial charge is 0.174 e. The molecule has 1 aromatic carbocycles. The van der Waals surface area contributed by atoms with Crippen LogP contribution in [0, 0.1) is 6.92 Å². The molecule has 1 saturated heterocycles. The van der Waals surface area contributed by atoms with Crippen molar-refractivity contribution in [1.82, 2.24) is 14.9 Å². The van der Waals surface area contributed by atoms with Gasteiger partial charge < -0.3 is 14.8 Å². The first-order chi connectivity index (χ1) is 14.2. The van der Waals surface area contributed by atoms with Gasteiger partial charge in [-0.3, -0.25) is 4.98 Å². The van der Waals surface area contributed by atoms with E-state index in [-0.39, 0.29) is 12.1 Å². The molecule has 0 amide bonds. The molecule has 5 rings (SSSR count). The zero-order chi connectivity index (χ0) is 19.8. The third kappa shape index (κ3) is 3.44. The second kappa shape index (κ2) is 7.64. The minimum Gasteiger partial charge on any atom is -0.351 e. The number of aromatic nitrogens is 2. The minimum atomic E-state index is 0.0173. The lowest BCUT2D eigenvalue weighted by atomic mass is 9.98. The van der Waals surface area contributed by atoms with Crippen molar-refractivity contribution in [2.45, 2.75) is 50.7 Å². The number of anilines is 1. The van der Waals surface area contributed by atoms with Crippen LogP contribution < -0.4 is 10.2 Å². The summed E-state index contributed by atoms with van der Waals surface area (Å²) in [4.78, 5) is 6.91. The maximum atomic E-state index is 5.81. The van der Waals surface area contributed by atoms with Gasteiger partial charge in [-0.1, -0.05) is 31.0 Å². The summed E-state index contributed by atoms with van der Waals surface area (Å²) in [7, 11) is 0. The van der Waals surface area contributed by atoms with Crippen LogP contribution in [0.2, 0.25) is 0 Å². The third-order valence-electron chi connectivity index (χ3n) is 6.20. The standard InChI is InChI=1S/C24H26N4S/c1-17-7-6-10-20(15-17)28-23(18-12-14-27(16-18)19-8-2-3-9-19)22(26-24(28)29)21-11-4-5-13-25-21/h4-7,10-16,19,22-23H,2-3,8-9H2,1H3,(H,26,29)/t22-,23+/m0/s1. The van der Waals surface area contributed by atoms with Crippen LogP contribution in [0.1, 0.15) is 60.6 Å². The van der Waals surface area contributed by atoms with E-state index in [0.717, 1.165) is 16.5 Å². The summed E-state index contributed by atoms with van der Waals surface area (Å²) in [5, 5.41) is 4.31. The van der Waals surface area contributed by atoms with Gasteiger partial charge in [-0.25, -0.2) is 0 Å². The summed E-state index contributed by atoms with van der Waals surface area (Å²) < 4.78 is 2.41. The Morgan fingerprint density at radius 3 is 2.69 bits per heavy atom. The summed E-state index contributed by atoms with van der Waals surface area (Å²) in [6.07, 6.45) is 11.7. The predicted octanol–water partition coefficient (Wildman–Crippen LogP) is 5.48. The Bertz CT molecular complexity index is 1010. The summed E-state index contributed by atoms with van der Waals surface area (Å²) in [5.41, 5.74) is 4.65. The SMILES string of the molecule is Cc1cccc(N2C(=S)N[C@@H](c3ccccn3)[C@H]2c2ccn(C3CCCC3)c2)c1. The molecule has 1 aliphatic heterocycles. The van der Waals surface area contributed by atoms with Crippen LogP contribution in [0.5, 0.6) is 0 Å². The molecule has 4 nitrogen and oxygen atoms in total. The first-order valence-corrected chi connectivity index (χ1v) is 10.9. The second-order valence-corrected chi connectivity index (χ2v) is 8.55. The van der Waals surface area contributed by atoms with Gasteiger partial charge in [-0.15, -0.1) is 0 Å². The maximum absolute atomic E-state index is 5.81. The molecule has 1 saturated carbocycles. The van der Waals surface area contributed by atoms with Crippen LogP contribution in [0.15, 0.2) is 67.1 Å². The molecule has 29 heavy (non-hydrogen) atoms. The van der Waals surface area contributed by atoms with E-state index in [1.54, 1.807) is 0 Å². The van der Waals surface area contributed by atoms with Crippen LogP contribution in [0.4, 0.5) is 5.69 Å². The first kappa shape index (κ1) is 18.4. The van der Waals surface area contributed by atoms with Gasteiger partial charge >= 0.3 is 0 Å². The van der Waals surface area contributed by atoms with E-state index in [4.69, 9.17) is 12.2 Å². The highest BCUT2D eigenvalue weighted by molar-refractivity contribution is 7.80. The first-order valence-electron chi connectivity index (χ1n) is 10.5. The number of rotatable bonds is 4. The van der Waals surface area contributed by atoms with Crippen molar-refractivity contribution in [2.24, 2.45) is 0 Å². The summed E-state index contributed by atoms with van der Waals surface area (Å²) in [5.74, 6) is 0. The molecule has 1 N–H and O–H groups in total. The highest BCUT2D eigenvalue weighted by atomic mass is 32.1. The number of benzene rings is 1. The van der Waals surface area contributed by atoms with Gasteiger partial charge in [-0.05, 0) is 73.4 Å². The van der Waals surface area contributed by atoms with Crippen molar-refractivity contribution in [3.63, 3.8) is 0 Å².